The lowest BCUT2D eigenvalue weighted by molar-refractivity contribution is -0.131. The zero-order valence-electron chi connectivity index (χ0n) is 17.9. The average Bonchev–Trinajstić information content (AvgIpc) is 2.78. The molecule has 0 aliphatic rings. The van der Waals surface area contributed by atoms with E-state index in [4.69, 9.17) is 9.47 Å². The molecule has 3 aromatic rings. The number of aryl methyl sites for hydroxylation is 1. The van der Waals surface area contributed by atoms with E-state index in [2.05, 4.69) is 10.6 Å². The molecular weight excluding hydrogens is 408 g/mol. The van der Waals surface area contributed by atoms with Gasteiger partial charge in [0.25, 0.3) is 11.8 Å². The molecule has 0 aromatic heterocycles. The predicted octanol–water partition coefficient (Wildman–Crippen LogP) is 3.87. The second kappa shape index (κ2) is 10.8. The normalized spacial score (nSPS) is 10.2. The number of benzene rings is 3. The van der Waals surface area contributed by atoms with Crippen molar-refractivity contribution >= 4 is 23.5 Å². The van der Waals surface area contributed by atoms with Crippen LogP contribution in [-0.4, -0.2) is 24.4 Å². The van der Waals surface area contributed by atoms with Crippen molar-refractivity contribution in [3.8, 4) is 11.5 Å². The highest BCUT2D eigenvalue weighted by molar-refractivity contribution is 6.04. The number of hydrogen-bond donors (Lipinski definition) is 2. The third-order valence-electron chi connectivity index (χ3n) is 4.45. The van der Waals surface area contributed by atoms with E-state index in [1.807, 2.05) is 43.3 Å². The van der Waals surface area contributed by atoms with Gasteiger partial charge < -0.3 is 20.1 Å². The van der Waals surface area contributed by atoms with Gasteiger partial charge >= 0.3 is 5.97 Å². The fourth-order valence-corrected chi connectivity index (χ4v) is 2.81. The molecule has 164 valence electrons. The molecule has 0 aliphatic heterocycles. The van der Waals surface area contributed by atoms with Crippen LogP contribution in [0.4, 0.5) is 5.69 Å². The third-order valence-corrected chi connectivity index (χ3v) is 4.45. The first-order valence-electron chi connectivity index (χ1n) is 10.0. The predicted molar refractivity (Wildman–Crippen MR) is 121 cm³/mol. The Morgan fingerprint density at radius 2 is 1.59 bits per heavy atom. The summed E-state index contributed by atoms with van der Waals surface area (Å²) in [6.07, 6.45) is 0. The van der Waals surface area contributed by atoms with Crippen LogP contribution in [0.1, 0.15) is 28.4 Å². The highest BCUT2D eigenvalue weighted by atomic mass is 16.5. The van der Waals surface area contributed by atoms with Gasteiger partial charge in [0.15, 0.2) is 6.61 Å². The van der Waals surface area contributed by atoms with Crippen molar-refractivity contribution in [2.75, 3.05) is 11.9 Å². The number of esters is 1. The summed E-state index contributed by atoms with van der Waals surface area (Å²) in [4.78, 5) is 35.5. The topological polar surface area (TPSA) is 93.7 Å². The third kappa shape index (κ3) is 6.98. The van der Waals surface area contributed by atoms with Gasteiger partial charge in [-0.15, -0.1) is 0 Å². The Morgan fingerprint density at radius 1 is 0.875 bits per heavy atom. The number of hydrogen-bond acceptors (Lipinski definition) is 5. The van der Waals surface area contributed by atoms with Crippen molar-refractivity contribution in [3.63, 3.8) is 0 Å². The quantitative estimate of drug-likeness (QED) is 0.416. The Kier molecular flexibility index (Phi) is 7.59. The number of anilines is 1. The second-order valence-corrected chi connectivity index (χ2v) is 7.15. The number of rotatable bonds is 8. The van der Waals surface area contributed by atoms with Crippen molar-refractivity contribution in [3.05, 3.63) is 89.5 Å². The fraction of sp³-hybridized carbons (Fsp3) is 0.160. The van der Waals surface area contributed by atoms with E-state index in [1.54, 1.807) is 30.3 Å². The number of carbonyl (C=O) groups is 3. The van der Waals surface area contributed by atoms with E-state index in [1.165, 1.54) is 13.0 Å². The first kappa shape index (κ1) is 22.6. The summed E-state index contributed by atoms with van der Waals surface area (Å²) < 4.78 is 10.5. The zero-order chi connectivity index (χ0) is 22.9. The number of carbonyl (C=O) groups excluding carboxylic acids is 3. The highest BCUT2D eigenvalue weighted by Crippen LogP contribution is 2.16. The molecule has 2 amide bonds. The molecule has 0 fully saturated rings. The van der Waals surface area contributed by atoms with Crippen LogP contribution in [0, 0.1) is 6.92 Å². The maximum atomic E-state index is 12.4. The Bertz CT molecular complexity index is 1090. The molecule has 0 saturated carbocycles. The van der Waals surface area contributed by atoms with Crippen LogP contribution in [0.15, 0.2) is 72.8 Å². The lowest BCUT2D eigenvalue weighted by Gasteiger charge is -2.09. The monoisotopic (exact) mass is 432 g/mol. The van der Waals surface area contributed by atoms with Crippen molar-refractivity contribution in [2.24, 2.45) is 0 Å². The summed E-state index contributed by atoms with van der Waals surface area (Å²) in [5, 5.41) is 5.58. The van der Waals surface area contributed by atoms with E-state index in [0.717, 1.165) is 11.1 Å². The van der Waals surface area contributed by atoms with Crippen LogP contribution in [0.5, 0.6) is 11.5 Å². The van der Waals surface area contributed by atoms with E-state index in [9.17, 15) is 14.4 Å². The van der Waals surface area contributed by atoms with Crippen molar-refractivity contribution < 1.29 is 23.9 Å². The molecular formula is C25H24N2O5. The fourth-order valence-electron chi connectivity index (χ4n) is 2.81. The molecule has 0 heterocycles. The van der Waals surface area contributed by atoms with Crippen molar-refractivity contribution in [1.29, 1.82) is 0 Å². The molecule has 0 aliphatic carbocycles. The average molecular weight is 432 g/mol. The summed E-state index contributed by atoms with van der Waals surface area (Å²) in [6.45, 7) is 3.56. The van der Waals surface area contributed by atoms with Gasteiger partial charge in [-0.1, -0.05) is 35.9 Å². The van der Waals surface area contributed by atoms with Gasteiger partial charge in [-0.05, 0) is 55.0 Å². The van der Waals surface area contributed by atoms with Crippen LogP contribution < -0.4 is 20.1 Å². The molecule has 7 nitrogen and oxygen atoms in total. The molecule has 0 radical (unpaired) electrons. The van der Waals surface area contributed by atoms with Gasteiger partial charge in [-0.25, -0.2) is 0 Å². The highest BCUT2D eigenvalue weighted by Gasteiger charge is 2.09. The smallest absolute Gasteiger partial charge is 0.308 e. The SMILES string of the molecule is CC(=O)Oc1cccc(C(=O)Nc2ccc(CNC(=O)COc3ccc(C)cc3)cc2)c1. The molecule has 3 rings (SSSR count). The largest absolute Gasteiger partial charge is 0.484 e. The minimum absolute atomic E-state index is 0.0659. The Balaban J connectivity index is 1.47. The molecule has 32 heavy (non-hydrogen) atoms. The van der Waals surface area contributed by atoms with Gasteiger partial charge in [0, 0.05) is 24.7 Å². The lowest BCUT2D eigenvalue weighted by Crippen LogP contribution is -2.28. The van der Waals surface area contributed by atoms with Crippen molar-refractivity contribution in [1.82, 2.24) is 5.32 Å². The Morgan fingerprint density at radius 3 is 2.28 bits per heavy atom. The molecule has 0 bridgehead atoms. The van der Waals surface area contributed by atoms with Gasteiger partial charge in [-0.2, -0.15) is 0 Å². The first-order chi connectivity index (χ1) is 15.4. The van der Waals surface area contributed by atoms with Crippen LogP contribution in [0.25, 0.3) is 0 Å². The van der Waals surface area contributed by atoms with E-state index in [0.29, 0.717) is 29.3 Å². The summed E-state index contributed by atoms with van der Waals surface area (Å²) in [5.74, 6) is -0.0530. The summed E-state index contributed by atoms with van der Waals surface area (Å²) in [5.41, 5.74) is 2.97. The summed E-state index contributed by atoms with van der Waals surface area (Å²) >= 11 is 0. The minimum Gasteiger partial charge on any atom is -0.484 e. The van der Waals surface area contributed by atoms with Crippen LogP contribution in [0.3, 0.4) is 0 Å². The molecule has 0 saturated heterocycles. The molecule has 2 N–H and O–H groups in total. The number of amides is 2. The molecule has 0 atom stereocenters. The standard InChI is InChI=1S/C25H24N2O5/c1-17-6-12-22(13-7-17)31-16-24(29)26-15-19-8-10-21(11-9-19)27-25(30)20-4-3-5-23(14-20)32-18(2)28/h3-14H,15-16H2,1-2H3,(H,26,29)(H,27,30). The second-order valence-electron chi connectivity index (χ2n) is 7.15. The lowest BCUT2D eigenvalue weighted by atomic mass is 10.1. The van der Waals surface area contributed by atoms with Crippen LogP contribution in [-0.2, 0) is 16.1 Å². The summed E-state index contributed by atoms with van der Waals surface area (Å²) in [7, 11) is 0. The number of nitrogens with one attached hydrogen (secondary N) is 2. The van der Waals surface area contributed by atoms with Gasteiger partial charge in [0.1, 0.15) is 11.5 Å². The molecule has 0 unspecified atom stereocenters. The van der Waals surface area contributed by atoms with E-state index >= 15 is 0 Å². The zero-order valence-corrected chi connectivity index (χ0v) is 17.9. The van der Waals surface area contributed by atoms with E-state index in [-0.39, 0.29) is 18.4 Å². The molecule has 3 aromatic carbocycles. The summed E-state index contributed by atoms with van der Waals surface area (Å²) in [6, 6.07) is 21.0. The van der Waals surface area contributed by atoms with Crippen LogP contribution in [0.2, 0.25) is 0 Å². The maximum Gasteiger partial charge on any atom is 0.308 e. The van der Waals surface area contributed by atoms with Crippen LogP contribution >= 0.6 is 0 Å². The minimum atomic E-state index is -0.452. The van der Waals surface area contributed by atoms with Gasteiger partial charge in [0.2, 0.25) is 0 Å². The Hall–Kier alpha value is -4.13. The Labute approximate surface area is 186 Å². The van der Waals surface area contributed by atoms with E-state index < -0.39 is 5.97 Å². The molecule has 7 heteroatoms. The van der Waals surface area contributed by atoms with Gasteiger partial charge in [-0.3, -0.25) is 14.4 Å². The van der Waals surface area contributed by atoms with Crippen molar-refractivity contribution in [2.45, 2.75) is 20.4 Å². The first-order valence-corrected chi connectivity index (χ1v) is 10.0. The number of ether oxygens (including phenoxy) is 2. The maximum absolute atomic E-state index is 12.4. The van der Waals surface area contributed by atoms with Gasteiger partial charge in [0.05, 0.1) is 0 Å². The molecule has 0 spiro atoms.